The highest BCUT2D eigenvalue weighted by molar-refractivity contribution is 5.98. The number of rotatable bonds is 4. The zero-order valence-corrected chi connectivity index (χ0v) is 18.9. The van der Waals surface area contributed by atoms with Crippen molar-refractivity contribution in [2.75, 3.05) is 6.54 Å². The predicted molar refractivity (Wildman–Crippen MR) is 131 cm³/mol. The van der Waals surface area contributed by atoms with Crippen LogP contribution in [0.1, 0.15) is 64.7 Å². The van der Waals surface area contributed by atoms with Crippen LogP contribution in [0.15, 0.2) is 71.1 Å². The number of hydrogen-bond donors (Lipinski definition) is 2. The molecule has 1 amide bonds. The average molecular weight is 437 g/mol. The van der Waals surface area contributed by atoms with Crippen molar-refractivity contribution in [1.29, 1.82) is 0 Å². The Hall–Kier alpha value is -3.37. The standard InChI is InChI=1S/C29H28N2O2/c1-18(19-6-3-2-4-7-19)31-26-9-5-8-23-25-17-22(12-13-27(25)33-28(23)26)21-11-10-20-14-15-30-29(32)24(20)16-21/h2-4,6-7,10-13,16-18,26,31H,5,8-9,14-15H2,1H3,(H,30,32). The van der Waals surface area contributed by atoms with Crippen LogP contribution in [0.4, 0.5) is 0 Å². The zero-order valence-electron chi connectivity index (χ0n) is 18.9. The summed E-state index contributed by atoms with van der Waals surface area (Å²) in [5.41, 5.74) is 7.69. The molecule has 33 heavy (non-hydrogen) atoms. The summed E-state index contributed by atoms with van der Waals surface area (Å²) in [4.78, 5) is 12.3. The van der Waals surface area contributed by atoms with Crippen LogP contribution < -0.4 is 10.6 Å². The molecule has 3 aromatic carbocycles. The molecule has 0 fully saturated rings. The van der Waals surface area contributed by atoms with E-state index in [-0.39, 0.29) is 18.0 Å². The van der Waals surface area contributed by atoms with Crippen molar-refractivity contribution in [2.24, 2.45) is 0 Å². The lowest BCUT2D eigenvalue weighted by molar-refractivity contribution is 0.0946. The van der Waals surface area contributed by atoms with Crippen LogP contribution in [-0.2, 0) is 12.8 Å². The van der Waals surface area contributed by atoms with Crippen LogP contribution in [0.2, 0.25) is 0 Å². The highest BCUT2D eigenvalue weighted by atomic mass is 16.3. The Kier molecular flexibility index (Phi) is 5.03. The van der Waals surface area contributed by atoms with E-state index in [4.69, 9.17) is 4.42 Å². The molecular formula is C29H28N2O2. The Morgan fingerprint density at radius 2 is 1.82 bits per heavy atom. The van der Waals surface area contributed by atoms with Gasteiger partial charge < -0.3 is 15.1 Å². The van der Waals surface area contributed by atoms with Gasteiger partial charge >= 0.3 is 0 Å². The monoisotopic (exact) mass is 436 g/mol. The molecular weight excluding hydrogens is 408 g/mol. The Morgan fingerprint density at radius 1 is 1.00 bits per heavy atom. The summed E-state index contributed by atoms with van der Waals surface area (Å²) in [6.45, 7) is 2.94. The van der Waals surface area contributed by atoms with Crippen LogP contribution in [-0.4, -0.2) is 12.5 Å². The van der Waals surface area contributed by atoms with Crippen molar-refractivity contribution in [3.8, 4) is 11.1 Å². The Morgan fingerprint density at radius 3 is 2.70 bits per heavy atom. The van der Waals surface area contributed by atoms with Gasteiger partial charge in [-0.3, -0.25) is 4.79 Å². The van der Waals surface area contributed by atoms with E-state index >= 15 is 0 Å². The van der Waals surface area contributed by atoms with Gasteiger partial charge in [0.1, 0.15) is 11.3 Å². The van der Waals surface area contributed by atoms with E-state index < -0.39 is 0 Å². The molecule has 2 N–H and O–H groups in total. The van der Waals surface area contributed by atoms with Crippen molar-refractivity contribution in [2.45, 2.75) is 44.7 Å². The third-order valence-electron chi connectivity index (χ3n) is 7.18. The summed E-state index contributed by atoms with van der Waals surface area (Å²) in [6.07, 6.45) is 4.16. The molecule has 4 heteroatoms. The maximum Gasteiger partial charge on any atom is 0.251 e. The quantitative estimate of drug-likeness (QED) is 0.406. The van der Waals surface area contributed by atoms with Crippen LogP contribution in [0.3, 0.4) is 0 Å². The number of aryl methyl sites for hydroxylation is 1. The fraction of sp³-hybridized carbons (Fsp3) is 0.276. The molecule has 2 unspecified atom stereocenters. The molecule has 0 saturated carbocycles. The smallest absolute Gasteiger partial charge is 0.251 e. The molecule has 166 valence electrons. The van der Waals surface area contributed by atoms with Crippen LogP contribution in [0, 0.1) is 0 Å². The first-order chi connectivity index (χ1) is 16.2. The van der Waals surface area contributed by atoms with Gasteiger partial charge in [0.2, 0.25) is 0 Å². The molecule has 2 aliphatic rings. The molecule has 0 bridgehead atoms. The molecule has 0 radical (unpaired) electrons. The lowest BCUT2D eigenvalue weighted by Gasteiger charge is -2.26. The molecule has 1 aliphatic heterocycles. The Balaban J connectivity index is 1.34. The van der Waals surface area contributed by atoms with E-state index in [2.05, 4.69) is 78.2 Å². The van der Waals surface area contributed by atoms with Gasteiger partial charge in [0.15, 0.2) is 0 Å². The molecule has 2 heterocycles. The molecule has 4 nitrogen and oxygen atoms in total. The third-order valence-corrected chi connectivity index (χ3v) is 7.18. The second-order valence-electron chi connectivity index (χ2n) is 9.28. The van der Waals surface area contributed by atoms with Gasteiger partial charge in [0, 0.05) is 29.1 Å². The van der Waals surface area contributed by atoms with Gasteiger partial charge in [-0.2, -0.15) is 0 Å². The fourth-order valence-electron chi connectivity index (χ4n) is 5.39. The van der Waals surface area contributed by atoms with E-state index in [1.165, 1.54) is 16.5 Å². The van der Waals surface area contributed by atoms with E-state index in [9.17, 15) is 4.79 Å². The predicted octanol–water partition coefficient (Wildman–Crippen LogP) is 6.11. The summed E-state index contributed by atoms with van der Waals surface area (Å²) in [5, 5.41) is 7.95. The lowest BCUT2D eigenvalue weighted by Crippen LogP contribution is -2.31. The summed E-state index contributed by atoms with van der Waals surface area (Å²) < 4.78 is 6.41. The number of carbonyl (C=O) groups excluding carboxylic acids is 1. The number of hydrogen-bond acceptors (Lipinski definition) is 3. The van der Waals surface area contributed by atoms with E-state index in [0.717, 1.165) is 65.8 Å². The minimum atomic E-state index is 0.0290. The third kappa shape index (κ3) is 3.65. The first kappa shape index (κ1) is 20.3. The fourth-order valence-corrected chi connectivity index (χ4v) is 5.39. The van der Waals surface area contributed by atoms with Gasteiger partial charge in [-0.1, -0.05) is 48.5 Å². The molecule has 4 aromatic rings. The van der Waals surface area contributed by atoms with Gasteiger partial charge in [-0.25, -0.2) is 0 Å². The van der Waals surface area contributed by atoms with Crippen molar-refractivity contribution < 1.29 is 9.21 Å². The van der Waals surface area contributed by atoms with Crippen molar-refractivity contribution in [3.05, 3.63) is 94.7 Å². The van der Waals surface area contributed by atoms with Crippen molar-refractivity contribution in [1.82, 2.24) is 10.6 Å². The highest BCUT2D eigenvalue weighted by Gasteiger charge is 2.28. The van der Waals surface area contributed by atoms with Crippen molar-refractivity contribution in [3.63, 3.8) is 0 Å². The van der Waals surface area contributed by atoms with E-state index in [0.29, 0.717) is 0 Å². The number of amides is 1. The van der Waals surface area contributed by atoms with Crippen molar-refractivity contribution >= 4 is 16.9 Å². The number of benzene rings is 3. The first-order valence-corrected chi connectivity index (χ1v) is 12.0. The van der Waals surface area contributed by atoms with Gasteiger partial charge in [-0.15, -0.1) is 0 Å². The topological polar surface area (TPSA) is 54.3 Å². The average Bonchev–Trinajstić information content (AvgIpc) is 3.24. The summed E-state index contributed by atoms with van der Waals surface area (Å²) in [5.74, 6) is 1.11. The molecule has 2 atom stereocenters. The van der Waals surface area contributed by atoms with Gasteiger partial charge in [0.05, 0.1) is 6.04 Å². The minimum Gasteiger partial charge on any atom is -0.459 e. The molecule has 6 rings (SSSR count). The van der Waals surface area contributed by atoms with Crippen LogP contribution >= 0.6 is 0 Å². The summed E-state index contributed by atoms with van der Waals surface area (Å²) in [6, 6.07) is 23.7. The molecule has 1 aliphatic carbocycles. The molecule has 0 spiro atoms. The molecule has 0 saturated heterocycles. The maximum absolute atomic E-state index is 12.3. The second kappa shape index (κ2) is 8.20. The second-order valence-corrected chi connectivity index (χ2v) is 9.28. The van der Waals surface area contributed by atoms with E-state index in [1.807, 2.05) is 6.07 Å². The van der Waals surface area contributed by atoms with Gasteiger partial charge in [-0.05, 0) is 73.1 Å². The number of nitrogens with one attached hydrogen (secondary N) is 2. The Labute approximate surface area is 194 Å². The normalized spacial score (nSPS) is 18.5. The minimum absolute atomic E-state index is 0.0290. The largest absolute Gasteiger partial charge is 0.459 e. The summed E-state index contributed by atoms with van der Waals surface area (Å²) in [7, 11) is 0. The van der Waals surface area contributed by atoms with Gasteiger partial charge in [0.25, 0.3) is 5.91 Å². The van der Waals surface area contributed by atoms with E-state index in [1.54, 1.807) is 0 Å². The number of carbonyl (C=O) groups is 1. The maximum atomic E-state index is 12.3. The summed E-state index contributed by atoms with van der Waals surface area (Å²) >= 11 is 0. The van der Waals surface area contributed by atoms with Crippen LogP contribution in [0.5, 0.6) is 0 Å². The highest BCUT2D eigenvalue weighted by Crippen LogP contribution is 2.40. The zero-order chi connectivity index (χ0) is 22.4. The van der Waals surface area contributed by atoms with Crippen LogP contribution in [0.25, 0.3) is 22.1 Å². The molecule has 1 aromatic heterocycles. The lowest BCUT2D eigenvalue weighted by atomic mass is 9.90. The number of furan rings is 1. The first-order valence-electron chi connectivity index (χ1n) is 12.0. The SMILES string of the molecule is CC(NC1CCCc2c1oc1ccc(-c3ccc4c(c3)C(=O)NCC4)cc21)c1ccccc1. The Bertz CT molecular complexity index is 1340. The number of fused-ring (bicyclic) bond motifs is 4.